The van der Waals surface area contributed by atoms with Crippen LogP contribution in [0.4, 0.5) is 10.5 Å². The number of urea groups is 1. The van der Waals surface area contributed by atoms with E-state index in [9.17, 15) is 14.4 Å². The molecule has 1 heterocycles. The number of piperidine rings is 1. The molecule has 0 aliphatic carbocycles. The van der Waals surface area contributed by atoms with Crippen molar-refractivity contribution in [2.75, 3.05) is 25.0 Å². The molecule has 7 heteroatoms. The number of rotatable bonds is 5. The van der Waals surface area contributed by atoms with Crippen molar-refractivity contribution in [3.8, 4) is 0 Å². The average Bonchev–Trinajstić information content (AvgIpc) is 2.61. The van der Waals surface area contributed by atoms with Crippen molar-refractivity contribution in [2.45, 2.75) is 33.6 Å². The molecule has 0 unspecified atom stereocenters. The highest BCUT2D eigenvalue weighted by molar-refractivity contribution is 5.96. The predicted octanol–water partition coefficient (Wildman–Crippen LogP) is 2.71. The summed E-state index contributed by atoms with van der Waals surface area (Å²) in [7, 11) is 0. The van der Waals surface area contributed by atoms with Crippen LogP contribution < -0.4 is 10.6 Å². The molecule has 0 bridgehead atoms. The van der Waals surface area contributed by atoms with Gasteiger partial charge in [0, 0.05) is 30.9 Å². The van der Waals surface area contributed by atoms with E-state index in [1.165, 1.54) is 0 Å². The summed E-state index contributed by atoms with van der Waals surface area (Å²) in [5.74, 6) is -0.920. The van der Waals surface area contributed by atoms with Crippen LogP contribution >= 0.6 is 0 Å². The fourth-order valence-electron chi connectivity index (χ4n) is 2.87. The number of anilines is 1. The number of hydrogen-bond donors (Lipinski definition) is 3. The summed E-state index contributed by atoms with van der Waals surface area (Å²) in [5, 5.41) is 14.7. The molecule has 0 radical (unpaired) electrons. The first-order chi connectivity index (χ1) is 12.3. The standard InChI is InChI=1S/C19H27N3O4/c1-12(2)11-20-17(23)15-4-5-16(13(3)10-15)21-19(26)22-8-6-14(7-9-22)18(24)25/h4-5,10,12,14H,6-9,11H2,1-3H3,(H,20,23)(H,21,26)(H,24,25). The Morgan fingerprint density at radius 1 is 1.23 bits per heavy atom. The van der Waals surface area contributed by atoms with Gasteiger partial charge in [0.15, 0.2) is 0 Å². The highest BCUT2D eigenvalue weighted by Crippen LogP contribution is 2.20. The lowest BCUT2D eigenvalue weighted by molar-refractivity contribution is -0.143. The monoisotopic (exact) mass is 361 g/mol. The highest BCUT2D eigenvalue weighted by atomic mass is 16.4. The van der Waals surface area contributed by atoms with Crippen LogP contribution in [0.15, 0.2) is 18.2 Å². The molecule has 1 aliphatic rings. The molecule has 26 heavy (non-hydrogen) atoms. The van der Waals surface area contributed by atoms with Crippen molar-refractivity contribution in [1.29, 1.82) is 0 Å². The van der Waals surface area contributed by atoms with Gasteiger partial charge in [-0.2, -0.15) is 0 Å². The van der Waals surface area contributed by atoms with Gasteiger partial charge in [-0.3, -0.25) is 9.59 Å². The Balaban J connectivity index is 1.94. The van der Waals surface area contributed by atoms with Crippen molar-refractivity contribution >= 4 is 23.6 Å². The highest BCUT2D eigenvalue weighted by Gasteiger charge is 2.27. The molecular weight excluding hydrogens is 334 g/mol. The lowest BCUT2D eigenvalue weighted by Crippen LogP contribution is -2.42. The van der Waals surface area contributed by atoms with Gasteiger partial charge in [0.2, 0.25) is 0 Å². The molecule has 0 aromatic heterocycles. The summed E-state index contributed by atoms with van der Waals surface area (Å²) in [5.41, 5.74) is 2.01. The van der Waals surface area contributed by atoms with Gasteiger partial charge in [0.1, 0.15) is 0 Å². The van der Waals surface area contributed by atoms with E-state index in [1.807, 2.05) is 20.8 Å². The fourth-order valence-corrected chi connectivity index (χ4v) is 2.87. The van der Waals surface area contributed by atoms with Gasteiger partial charge < -0.3 is 20.6 Å². The zero-order valence-corrected chi connectivity index (χ0v) is 15.5. The van der Waals surface area contributed by atoms with Gasteiger partial charge >= 0.3 is 12.0 Å². The number of likely N-dealkylation sites (tertiary alicyclic amines) is 1. The maximum atomic E-state index is 12.4. The Bertz CT molecular complexity index is 679. The molecule has 0 atom stereocenters. The first-order valence-corrected chi connectivity index (χ1v) is 8.95. The van der Waals surface area contributed by atoms with Crippen LogP contribution in [0.1, 0.15) is 42.6 Å². The molecule has 7 nitrogen and oxygen atoms in total. The summed E-state index contributed by atoms with van der Waals surface area (Å²) >= 11 is 0. The van der Waals surface area contributed by atoms with Gasteiger partial charge in [-0.05, 0) is 49.4 Å². The number of carbonyl (C=O) groups is 3. The van der Waals surface area contributed by atoms with E-state index in [0.29, 0.717) is 49.6 Å². The molecule has 2 rings (SSSR count). The number of amides is 3. The molecule has 0 spiro atoms. The predicted molar refractivity (Wildman–Crippen MR) is 99.3 cm³/mol. The fraction of sp³-hybridized carbons (Fsp3) is 0.526. The number of nitrogens with one attached hydrogen (secondary N) is 2. The zero-order chi connectivity index (χ0) is 19.3. The Hall–Kier alpha value is -2.57. The molecule has 1 fully saturated rings. The quantitative estimate of drug-likeness (QED) is 0.751. The van der Waals surface area contributed by atoms with E-state index in [-0.39, 0.29) is 17.9 Å². The van der Waals surface area contributed by atoms with Crippen molar-refractivity contribution in [3.63, 3.8) is 0 Å². The Labute approximate surface area is 153 Å². The van der Waals surface area contributed by atoms with E-state index >= 15 is 0 Å². The molecular formula is C19H27N3O4. The van der Waals surface area contributed by atoms with Gasteiger partial charge in [-0.15, -0.1) is 0 Å². The Kier molecular flexibility index (Phi) is 6.60. The second-order valence-electron chi connectivity index (χ2n) is 7.16. The van der Waals surface area contributed by atoms with Crippen LogP contribution in [0.3, 0.4) is 0 Å². The molecule has 1 aromatic carbocycles. The van der Waals surface area contributed by atoms with Crippen LogP contribution in [-0.2, 0) is 4.79 Å². The van der Waals surface area contributed by atoms with Gasteiger partial charge in [-0.25, -0.2) is 4.79 Å². The second-order valence-corrected chi connectivity index (χ2v) is 7.16. The van der Waals surface area contributed by atoms with Crippen LogP contribution in [-0.4, -0.2) is 47.5 Å². The SMILES string of the molecule is Cc1cc(C(=O)NCC(C)C)ccc1NC(=O)N1CCC(C(=O)O)CC1. The molecule has 142 valence electrons. The molecule has 1 aliphatic heterocycles. The number of carboxylic acid groups (broad SMARTS) is 1. The summed E-state index contributed by atoms with van der Waals surface area (Å²) in [6.07, 6.45) is 0.938. The van der Waals surface area contributed by atoms with Crippen LogP contribution in [0.25, 0.3) is 0 Å². The minimum absolute atomic E-state index is 0.129. The molecule has 3 amide bonds. The Morgan fingerprint density at radius 2 is 1.88 bits per heavy atom. The summed E-state index contributed by atoms with van der Waals surface area (Å²) in [6.45, 7) is 7.37. The van der Waals surface area contributed by atoms with Crippen molar-refractivity contribution in [1.82, 2.24) is 10.2 Å². The molecule has 1 saturated heterocycles. The third-order valence-electron chi connectivity index (χ3n) is 4.53. The Morgan fingerprint density at radius 3 is 2.42 bits per heavy atom. The third kappa shape index (κ3) is 5.21. The number of benzene rings is 1. The maximum Gasteiger partial charge on any atom is 0.321 e. The third-order valence-corrected chi connectivity index (χ3v) is 4.53. The lowest BCUT2D eigenvalue weighted by atomic mass is 9.97. The van der Waals surface area contributed by atoms with Gasteiger partial charge in [-0.1, -0.05) is 13.8 Å². The van der Waals surface area contributed by atoms with Crippen LogP contribution in [0.5, 0.6) is 0 Å². The maximum absolute atomic E-state index is 12.4. The smallest absolute Gasteiger partial charge is 0.321 e. The topological polar surface area (TPSA) is 98.7 Å². The summed E-state index contributed by atoms with van der Waals surface area (Å²) in [6, 6.07) is 4.92. The number of nitrogens with zero attached hydrogens (tertiary/aromatic N) is 1. The van der Waals surface area contributed by atoms with E-state index in [2.05, 4.69) is 10.6 Å². The van der Waals surface area contributed by atoms with Crippen molar-refractivity contribution in [2.24, 2.45) is 11.8 Å². The minimum atomic E-state index is -0.799. The van der Waals surface area contributed by atoms with Crippen molar-refractivity contribution in [3.05, 3.63) is 29.3 Å². The first kappa shape index (κ1) is 19.8. The second kappa shape index (κ2) is 8.69. The van der Waals surface area contributed by atoms with Crippen LogP contribution in [0, 0.1) is 18.8 Å². The number of hydrogen-bond acceptors (Lipinski definition) is 3. The normalized spacial score (nSPS) is 15.0. The van der Waals surface area contributed by atoms with Gasteiger partial charge in [0.05, 0.1) is 5.92 Å². The van der Waals surface area contributed by atoms with Gasteiger partial charge in [0.25, 0.3) is 5.91 Å². The van der Waals surface area contributed by atoms with E-state index in [1.54, 1.807) is 23.1 Å². The average molecular weight is 361 g/mol. The number of aryl methyl sites for hydroxylation is 1. The van der Waals surface area contributed by atoms with E-state index < -0.39 is 5.97 Å². The summed E-state index contributed by atoms with van der Waals surface area (Å²) in [4.78, 5) is 37.1. The molecule has 0 saturated carbocycles. The first-order valence-electron chi connectivity index (χ1n) is 8.95. The van der Waals surface area contributed by atoms with E-state index in [0.717, 1.165) is 5.56 Å². The lowest BCUT2D eigenvalue weighted by Gasteiger charge is -2.30. The minimum Gasteiger partial charge on any atom is -0.481 e. The van der Waals surface area contributed by atoms with E-state index in [4.69, 9.17) is 5.11 Å². The molecule has 3 N–H and O–H groups in total. The number of aliphatic carboxylic acids is 1. The number of carboxylic acids is 1. The molecule has 1 aromatic rings. The van der Waals surface area contributed by atoms with Crippen LogP contribution in [0.2, 0.25) is 0 Å². The number of carbonyl (C=O) groups excluding carboxylic acids is 2. The summed E-state index contributed by atoms with van der Waals surface area (Å²) < 4.78 is 0. The van der Waals surface area contributed by atoms with Crippen molar-refractivity contribution < 1.29 is 19.5 Å². The zero-order valence-electron chi connectivity index (χ0n) is 15.5. The largest absolute Gasteiger partial charge is 0.481 e.